The van der Waals surface area contributed by atoms with Crippen molar-refractivity contribution >= 4 is 33.0 Å². The summed E-state index contributed by atoms with van der Waals surface area (Å²) in [6, 6.07) is 12.5. The van der Waals surface area contributed by atoms with Crippen LogP contribution in [0.25, 0.3) is 21.5 Å². The number of rotatable bonds is 6. The molecule has 0 unspecified atom stereocenters. The first-order valence-corrected chi connectivity index (χ1v) is 10.8. The minimum absolute atomic E-state index is 0.0398. The van der Waals surface area contributed by atoms with Crippen LogP contribution in [0.15, 0.2) is 53.1 Å². The smallest absolute Gasteiger partial charge is 0.471 e. The Morgan fingerprint density at radius 2 is 1.80 bits per heavy atom. The van der Waals surface area contributed by atoms with Gasteiger partial charge in [-0.1, -0.05) is 23.4 Å². The van der Waals surface area contributed by atoms with Gasteiger partial charge in [-0.2, -0.15) is 31.3 Å². The number of halogens is 6. The molecule has 0 saturated carbocycles. The summed E-state index contributed by atoms with van der Waals surface area (Å²) in [6.45, 7) is -0.174. The SMILES string of the molecule is O=C(CCC(F)(F)F)N(Cc1cc2ccccc2s1)c1cc(-c2noc(C(F)(F)F)n2)ccc1O. The Bertz CT molecular complexity index is 1330. The maximum Gasteiger partial charge on any atom is 0.471 e. The fourth-order valence-electron chi connectivity index (χ4n) is 3.30. The third-order valence-electron chi connectivity index (χ3n) is 4.91. The third-order valence-corrected chi connectivity index (χ3v) is 6.01. The number of carbonyl (C=O) groups is 1. The van der Waals surface area contributed by atoms with Crippen molar-refractivity contribution in [3.05, 3.63) is 59.3 Å². The highest BCUT2D eigenvalue weighted by Gasteiger charge is 2.38. The van der Waals surface area contributed by atoms with E-state index in [0.717, 1.165) is 27.1 Å². The highest BCUT2D eigenvalue weighted by atomic mass is 32.1. The minimum Gasteiger partial charge on any atom is -0.506 e. The molecule has 4 aromatic rings. The van der Waals surface area contributed by atoms with Crippen LogP contribution in [0.1, 0.15) is 23.6 Å². The zero-order valence-electron chi connectivity index (χ0n) is 17.5. The Balaban J connectivity index is 1.72. The number of phenolic OH excluding ortho intramolecular Hbond substituents is 1. The van der Waals surface area contributed by atoms with E-state index in [0.29, 0.717) is 4.88 Å². The molecule has 0 spiro atoms. The highest BCUT2D eigenvalue weighted by molar-refractivity contribution is 7.19. The Labute approximate surface area is 197 Å². The molecule has 1 amide bonds. The van der Waals surface area contributed by atoms with Crippen LogP contribution in [0, 0.1) is 0 Å². The molecule has 1 N–H and O–H groups in total. The minimum atomic E-state index is -4.88. The van der Waals surface area contributed by atoms with Crippen LogP contribution >= 0.6 is 11.3 Å². The van der Waals surface area contributed by atoms with Gasteiger partial charge in [-0.3, -0.25) is 4.79 Å². The van der Waals surface area contributed by atoms with Gasteiger partial charge in [0.2, 0.25) is 11.7 Å². The van der Waals surface area contributed by atoms with Crippen molar-refractivity contribution in [3.63, 3.8) is 0 Å². The molecule has 184 valence electrons. The van der Waals surface area contributed by atoms with Crippen molar-refractivity contribution in [1.29, 1.82) is 0 Å². The highest BCUT2D eigenvalue weighted by Crippen LogP contribution is 2.37. The van der Waals surface area contributed by atoms with Gasteiger partial charge in [0.15, 0.2) is 0 Å². The van der Waals surface area contributed by atoms with Crippen LogP contribution in [0.4, 0.5) is 32.0 Å². The lowest BCUT2D eigenvalue weighted by atomic mass is 10.1. The van der Waals surface area contributed by atoms with E-state index in [9.17, 15) is 36.2 Å². The first-order valence-electron chi connectivity index (χ1n) is 9.99. The fourth-order valence-corrected chi connectivity index (χ4v) is 4.35. The number of benzene rings is 2. The summed E-state index contributed by atoms with van der Waals surface area (Å²) >= 11 is 1.31. The van der Waals surface area contributed by atoms with Crippen LogP contribution in [-0.4, -0.2) is 27.3 Å². The maximum absolute atomic E-state index is 12.9. The van der Waals surface area contributed by atoms with Crippen molar-refractivity contribution in [2.45, 2.75) is 31.7 Å². The molecule has 0 aliphatic heterocycles. The summed E-state index contributed by atoms with van der Waals surface area (Å²) in [5.41, 5.74) is -0.243. The van der Waals surface area contributed by atoms with Crippen molar-refractivity contribution < 1.29 is 40.8 Å². The summed E-state index contributed by atoms with van der Waals surface area (Å²) < 4.78 is 81.9. The molecular weight excluding hydrogens is 500 g/mol. The van der Waals surface area contributed by atoms with Gasteiger partial charge in [-0.05, 0) is 35.7 Å². The summed E-state index contributed by atoms with van der Waals surface area (Å²) in [5, 5.41) is 14.6. The second-order valence-electron chi connectivity index (χ2n) is 7.47. The van der Waals surface area contributed by atoms with Crippen LogP contribution in [-0.2, 0) is 17.5 Å². The molecular formula is C22H15F6N3O3S. The van der Waals surface area contributed by atoms with E-state index in [1.807, 2.05) is 18.2 Å². The number of thiophene rings is 1. The van der Waals surface area contributed by atoms with Gasteiger partial charge in [-0.25, -0.2) is 0 Å². The van der Waals surface area contributed by atoms with Crippen LogP contribution in [0.5, 0.6) is 5.75 Å². The first-order chi connectivity index (χ1) is 16.4. The quantitative estimate of drug-likeness (QED) is 0.295. The molecule has 0 atom stereocenters. The lowest BCUT2D eigenvalue weighted by molar-refractivity contribution is -0.159. The second-order valence-corrected chi connectivity index (χ2v) is 8.64. The van der Waals surface area contributed by atoms with E-state index < -0.39 is 48.6 Å². The van der Waals surface area contributed by atoms with Gasteiger partial charge >= 0.3 is 18.2 Å². The summed E-state index contributed by atoms with van der Waals surface area (Å²) in [7, 11) is 0. The van der Waals surface area contributed by atoms with E-state index in [1.54, 1.807) is 12.1 Å². The number of anilines is 1. The predicted molar refractivity (Wildman–Crippen MR) is 115 cm³/mol. The standard InChI is InChI=1S/C22H15F6N3O3S/c23-21(24,25)8-7-18(33)31(11-14-9-12-3-1-2-4-17(12)35-14)15-10-13(5-6-16(15)32)19-29-20(34-30-19)22(26,27)28/h1-6,9-10,32H,7-8,11H2. The normalized spacial score (nSPS) is 12.3. The van der Waals surface area contributed by atoms with Gasteiger partial charge in [0.25, 0.3) is 0 Å². The molecule has 0 saturated heterocycles. The molecule has 4 rings (SSSR count). The lowest BCUT2D eigenvalue weighted by Gasteiger charge is -2.24. The maximum atomic E-state index is 12.9. The van der Waals surface area contributed by atoms with Crippen LogP contribution in [0.2, 0.25) is 0 Å². The predicted octanol–water partition coefficient (Wildman–Crippen LogP) is 6.55. The van der Waals surface area contributed by atoms with Gasteiger partial charge in [-0.15, -0.1) is 11.3 Å². The molecule has 2 aromatic heterocycles. The fraction of sp³-hybridized carbons (Fsp3) is 0.227. The lowest BCUT2D eigenvalue weighted by Crippen LogP contribution is -2.31. The summed E-state index contributed by atoms with van der Waals surface area (Å²) in [5.74, 6) is -3.46. The Kier molecular flexibility index (Phi) is 6.45. The first kappa shape index (κ1) is 24.5. The summed E-state index contributed by atoms with van der Waals surface area (Å²) in [6.07, 6.45) is -11.7. The molecule has 13 heteroatoms. The number of aromatic hydroxyl groups is 1. The van der Waals surface area contributed by atoms with Gasteiger partial charge in [0.1, 0.15) is 5.75 Å². The number of hydrogen-bond donors (Lipinski definition) is 1. The number of nitrogens with zero attached hydrogens (tertiary/aromatic N) is 3. The zero-order chi connectivity index (χ0) is 25.4. The Hall–Kier alpha value is -3.61. The third kappa shape index (κ3) is 5.73. The van der Waals surface area contributed by atoms with E-state index in [-0.39, 0.29) is 17.8 Å². The van der Waals surface area contributed by atoms with Crippen LogP contribution < -0.4 is 4.90 Å². The van der Waals surface area contributed by atoms with E-state index in [4.69, 9.17) is 0 Å². The molecule has 0 aliphatic carbocycles. The molecule has 6 nitrogen and oxygen atoms in total. The van der Waals surface area contributed by atoms with Crippen molar-refractivity contribution in [1.82, 2.24) is 10.1 Å². The van der Waals surface area contributed by atoms with Gasteiger partial charge < -0.3 is 14.5 Å². The second kappa shape index (κ2) is 9.21. The van der Waals surface area contributed by atoms with E-state index in [2.05, 4.69) is 14.7 Å². The molecule has 2 heterocycles. The van der Waals surface area contributed by atoms with Crippen LogP contribution in [0.3, 0.4) is 0 Å². The molecule has 0 bridgehead atoms. The largest absolute Gasteiger partial charge is 0.506 e. The molecule has 0 fully saturated rings. The van der Waals surface area contributed by atoms with Crippen molar-refractivity contribution in [2.75, 3.05) is 4.90 Å². The van der Waals surface area contributed by atoms with Crippen molar-refractivity contribution in [2.24, 2.45) is 0 Å². The number of carbonyl (C=O) groups excluding carboxylic acids is 1. The van der Waals surface area contributed by atoms with Gasteiger partial charge in [0, 0.05) is 21.6 Å². The van der Waals surface area contributed by atoms with Gasteiger partial charge in [0.05, 0.1) is 18.7 Å². The number of alkyl halides is 6. The number of fused-ring (bicyclic) bond motifs is 1. The molecule has 0 aliphatic rings. The topological polar surface area (TPSA) is 79.5 Å². The summed E-state index contributed by atoms with van der Waals surface area (Å²) in [4.78, 5) is 17.7. The molecule has 2 aromatic carbocycles. The average molecular weight is 515 g/mol. The van der Waals surface area contributed by atoms with Crippen molar-refractivity contribution in [3.8, 4) is 17.1 Å². The molecule has 0 radical (unpaired) electrons. The number of amides is 1. The molecule has 35 heavy (non-hydrogen) atoms. The number of aromatic nitrogens is 2. The van der Waals surface area contributed by atoms with E-state index in [1.165, 1.54) is 17.4 Å². The zero-order valence-corrected chi connectivity index (χ0v) is 18.3. The average Bonchev–Trinajstić information content (AvgIpc) is 3.43. The Morgan fingerprint density at radius 3 is 2.46 bits per heavy atom. The Morgan fingerprint density at radius 1 is 1.06 bits per heavy atom. The van der Waals surface area contributed by atoms with E-state index >= 15 is 0 Å². The number of phenols is 1. The monoisotopic (exact) mass is 515 g/mol. The number of hydrogen-bond acceptors (Lipinski definition) is 6.